The fourth-order valence-corrected chi connectivity index (χ4v) is 2.37. The average molecular weight is 277 g/mol. The van der Waals surface area contributed by atoms with Crippen LogP contribution >= 0.6 is 0 Å². The van der Waals surface area contributed by atoms with Crippen LogP contribution in [0.5, 0.6) is 0 Å². The van der Waals surface area contributed by atoms with Crippen LogP contribution in [0.25, 0.3) is 0 Å². The van der Waals surface area contributed by atoms with Crippen molar-refractivity contribution in [1.82, 2.24) is 9.88 Å². The van der Waals surface area contributed by atoms with Crippen LogP contribution < -0.4 is 5.32 Å². The topological polar surface area (TPSA) is 54.5 Å². The molecule has 2 heterocycles. The molecule has 2 rings (SSSR count). The quantitative estimate of drug-likeness (QED) is 0.896. The average Bonchev–Trinajstić information content (AvgIpc) is 2.48. The zero-order valence-corrected chi connectivity index (χ0v) is 12.3. The molecule has 5 nitrogen and oxygen atoms in total. The first-order valence-corrected chi connectivity index (χ1v) is 7.28. The highest BCUT2D eigenvalue weighted by Gasteiger charge is 2.20. The Kier molecular flexibility index (Phi) is 5.35. The molecule has 1 N–H and O–H groups in total. The third kappa shape index (κ3) is 3.93. The molecule has 1 aliphatic heterocycles. The van der Waals surface area contributed by atoms with Crippen LogP contribution in [0, 0.1) is 0 Å². The summed E-state index contributed by atoms with van der Waals surface area (Å²) in [6.45, 7) is 4.23. The van der Waals surface area contributed by atoms with Gasteiger partial charge >= 0.3 is 0 Å². The van der Waals surface area contributed by atoms with E-state index in [-0.39, 0.29) is 12.0 Å². The summed E-state index contributed by atoms with van der Waals surface area (Å²) in [5.74, 6) is 0.680. The minimum atomic E-state index is -0.0565. The number of rotatable bonds is 5. The zero-order chi connectivity index (χ0) is 14.4. The number of nitrogens with zero attached hydrogens (tertiary/aromatic N) is 2. The van der Waals surface area contributed by atoms with Crippen LogP contribution in [-0.4, -0.2) is 48.6 Å². The summed E-state index contributed by atoms with van der Waals surface area (Å²) >= 11 is 0. The number of hydrogen-bond acceptors (Lipinski definition) is 4. The van der Waals surface area contributed by atoms with Gasteiger partial charge in [0.2, 0.25) is 0 Å². The lowest BCUT2D eigenvalue weighted by molar-refractivity contribution is -0.000286. The molecule has 1 aromatic rings. The number of aromatic nitrogens is 1. The molecule has 0 bridgehead atoms. The molecule has 5 heteroatoms. The smallest absolute Gasteiger partial charge is 0.272 e. The van der Waals surface area contributed by atoms with Crippen molar-refractivity contribution in [2.24, 2.45) is 0 Å². The molecule has 0 saturated carbocycles. The Labute approximate surface area is 120 Å². The molecule has 0 radical (unpaired) electrons. The van der Waals surface area contributed by atoms with Gasteiger partial charge in [0, 0.05) is 26.7 Å². The normalized spacial score (nSPS) is 18.6. The van der Waals surface area contributed by atoms with Crippen LogP contribution in [0.1, 0.15) is 36.7 Å². The van der Waals surface area contributed by atoms with Gasteiger partial charge in [0.1, 0.15) is 11.5 Å². The van der Waals surface area contributed by atoms with E-state index in [2.05, 4.69) is 10.3 Å². The van der Waals surface area contributed by atoms with E-state index >= 15 is 0 Å². The van der Waals surface area contributed by atoms with E-state index in [0.29, 0.717) is 12.2 Å². The maximum Gasteiger partial charge on any atom is 0.272 e. The number of hydrogen-bond donors (Lipinski definition) is 1. The molecular weight excluding hydrogens is 254 g/mol. The highest BCUT2D eigenvalue weighted by Crippen LogP contribution is 2.14. The lowest BCUT2D eigenvalue weighted by Gasteiger charge is -2.27. The third-order valence-corrected chi connectivity index (χ3v) is 3.42. The predicted molar refractivity (Wildman–Crippen MR) is 79.0 cm³/mol. The van der Waals surface area contributed by atoms with Crippen molar-refractivity contribution in [1.29, 1.82) is 0 Å². The summed E-state index contributed by atoms with van der Waals surface area (Å²) in [6, 6.07) is 5.47. The molecule has 0 spiro atoms. The third-order valence-electron chi connectivity index (χ3n) is 3.42. The van der Waals surface area contributed by atoms with Gasteiger partial charge in [0.15, 0.2) is 0 Å². The Morgan fingerprint density at radius 3 is 3.05 bits per heavy atom. The number of anilines is 1. The van der Waals surface area contributed by atoms with E-state index < -0.39 is 0 Å². The first kappa shape index (κ1) is 14.8. The zero-order valence-electron chi connectivity index (χ0n) is 12.3. The molecule has 1 saturated heterocycles. The van der Waals surface area contributed by atoms with Crippen LogP contribution in [0.3, 0.4) is 0 Å². The van der Waals surface area contributed by atoms with E-state index in [1.807, 2.05) is 26.1 Å². The van der Waals surface area contributed by atoms with Gasteiger partial charge in [-0.05, 0) is 38.3 Å². The molecule has 20 heavy (non-hydrogen) atoms. The summed E-state index contributed by atoms with van der Waals surface area (Å²) in [5, 5.41) is 3.12. The van der Waals surface area contributed by atoms with Gasteiger partial charge in [-0.25, -0.2) is 4.98 Å². The van der Waals surface area contributed by atoms with Gasteiger partial charge in [0.25, 0.3) is 5.91 Å². The second-order valence-electron chi connectivity index (χ2n) is 5.11. The molecule has 1 amide bonds. The lowest BCUT2D eigenvalue weighted by Crippen LogP contribution is -2.37. The summed E-state index contributed by atoms with van der Waals surface area (Å²) in [4.78, 5) is 18.4. The Morgan fingerprint density at radius 1 is 1.50 bits per heavy atom. The monoisotopic (exact) mass is 277 g/mol. The highest BCUT2D eigenvalue weighted by molar-refractivity contribution is 5.92. The molecule has 1 fully saturated rings. The molecule has 1 unspecified atom stereocenters. The van der Waals surface area contributed by atoms with Gasteiger partial charge in [-0.1, -0.05) is 6.07 Å². The standard InChI is InChI=1S/C15H23N3O2/c1-3-16-14-9-6-8-13(17-14)15(19)18(2)11-12-7-4-5-10-20-12/h6,8-9,12H,3-5,7,10-11H2,1-2H3,(H,16,17). The minimum absolute atomic E-state index is 0.0565. The van der Waals surface area contributed by atoms with Gasteiger partial charge in [-0.3, -0.25) is 4.79 Å². The van der Waals surface area contributed by atoms with E-state index in [0.717, 1.165) is 31.8 Å². The first-order chi connectivity index (χ1) is 9.70. The van der Waals surface area contributed by atoms with Crippen LogP contribution in [0.15, 0.2) is 18.2 Å². The summed E-state index contributed by atoms with van der Waals surface area (Å²) in [6.07, 6.45) is 3.50. The fraction of sp³-hybridized carbons (Fsp3) is 0.600. The van der Waals surface area contributed by atoms with E-state index in [9.17, 15) is 4.79 Å². The Balaban J connectivity index is 1.96. The number of nitrogens with one attached hydrogen (secondary N) is 1. The molecular formula is C15H23N3O2. The van der Waals surface area contributed by atoms with Crippen molar-refractivity contribution in [3.05, 3.63) is 23.9 Å². The van der Waals surface area contributed by atoms with Crippen LogP contribution in [-0.2, 0) is 4.74 Å². The molecule has 1 atom stereocenters. The molecule has 1 aliphatic rings. The van der Waals surface area contributed by atoms with Crippen molar-refractivity contribution < 1.29 is 9.53 Å². The summed E-state index contributed by atoms with van der Waals surface area (Å²) in [5.41, 5.74) is 0.474. The van der Waals surface area contributed by atoms with Gasteiger partial charge in [-0.2, -0.15) is 0 Å². The van der Waals surface area contributed by atoms with Crippen molar-refractivity contribution in [3.63, 3.8) is 0 Å². The van der Waals surface area contributed by atoms with Crippen molar-refractivity contribution >= 4 is 11.7 Å². The Bertz CT molecular complexity index is 444. The van der Waals surface area contributed by atoms with Crippen molar-refractivity contribution in [3.8, 4) is 0 Å². The number of ether oxygens (including phenoxy) is 1. The van der Waals surface area contributed by atoms with Crippen LogP contribution in [0.4, 0.5) is 5.82 Å². The number of amides is 1. The number of likely N-dealkylation sites (N-methyl/N-ethyl adjacent to an activating group) is 1. The number of carbonyl (C=O) groups excluding carboxylic acids is 1. The second kappa shape index (κ2) is 7.24. The molecule has 110 valence electrons. The molecule has 0 aromatic carbocycles. The van der Waals surface area contributed by atoms with Gasteiger partial charge in [-0.15, -0.1) is 0 Å². The number of pyridine rings is 1. The van der Waals surface area contributed by atoms with E-state index in [1.54, 1.807) is 11.0 Å². The van der Waals surface area contributed by atoms with E-state index in [4.69, 9.17) is 4.74 Å². The van der Waals surface area contributed by atoms with Gasteiger partial charge in [0.05, 0.1) is 6.10 Å². The second-order valence-corrected chi connectivity index (χ2v) is 5.11. The summed E-state index contributed by atoms with van der Waals surface area (Å²) < 4.78 is 5.67. The van der Waals surface area contributed by atoms with E-state index in [1.165, 1.54) is 6.42 Å². The Hall–Kier alpha value is -1.62. The Morgan fingerprint density at radius 2 is 2.35 bits per heavy atom. The van der Waals surface area contributed by atoms with Crippen molar-refractivity contribution in [2.45, 2.75) is 32.3 Å². The van der Waals surface area contributed by atoms with Crippen LogP contribution in [0.2, 0.25) is 0 Å². The maximum atomic E-state index is 12.4. The molecule has 1 aromatic heterocycles. The minimum Gasteiger partial charge on any atom is -0.376 e. The lowest BCUT2D eigenvalue weighted by atomic mass is 10.1. The SMILES string of the molecule is CCNc1cccc(C(=O)N(C)CC2CCCCO2)n1. The predicted octanol–water partition coefficient (Wildman–Crippen LogP) is 2.15. The first-order valence-electron chi connectivity index (χ1n) is 7.28. The largest absolute Gasteiger partial charge is 0.376 e. The molecule has 0 aliphatic carbocycles. The number of carbonyl (C=O) groups is 1. The van der Waals surface area contributed by atoms with Crippen molar-refractivity contribution in [2.75, 3.05) is 32.1 Å². The van der Waals surface area contributed by atoms with Gasteiger partial charge < -0.3 is 15.0 Å². The maximum absolute atomic E-state index is 12.4. The highest BCUT2D eigenvalue weighted by atomic mass is 16.5. The summed E-state index contributed by atoms with van der Waals surface area (Å²) in [7, 11) is 1.81. The fourth-order valence-electron chi connectivity index (χ4n) is 2.37.